The van der Waals surface area contributed by atoms with E-state index in [9.17, 15) is 9.59 Å². The minimum absolute atomic E-state index is 0.0404. The number of rotatable bonds is 4. The average Bonchev–Trinajstić information content (AvgIpc) is 2.99. The van der Waals surface area contributed by atoms with Crippen molar-refractivity contribution in [2.24, 2.45) is 0 Å². The summed E-state index contributed by atoms with van der Waals surface area (Å²) >= 11 is 0. The van der Waals surface area contributed by atoms with E-state index in [0.717, 1.165) is 24.5 Å². The number of fused-ring (bicyclic) bond motifs is 1. The molecular weight excluding hydrogens is 294 g/mol. The quantitative estimate of drug-likeness (QED) is 0.900. The van der Waals surface area contributed by atoms with E-state index in [1.54, 1.807) is 11.9 Å². The number of likely N-dealkylation sites (N-methyl/N-ethyl adjacent to an activating group) is 2. The number of para-hydroxylation sites is 2. The maximum absolute atomic E-state index is 12.4. The Morgan fingerprint density at radius 2 is 2.22 bits per heavy atom. The highest BCUT2D eigenvalue weighted by Crippen LogP contribution is 2.32. The lowest BCUT2D eigenvalue weighted by atomic mass is 10.1. The zero-order valence-electron chi connectivity index (χ0n) is 13.6. The molecule has 1 N–H and O–H groups in total. The van der Waals surface area contributed by atoms with Crippen molar-refractivity contribution in [1.82, 2.24) is 10.2 Å². The first-order valence-corrected chi connectivity index (χ1v) is 8.13. The molecule has 1 aromatic rings. The van der Waals surface area contributed by atoms with Crippen molar-refractivity contribution in [3.63, 3.8) is 0 Å². The smallest absolute Gasteiger partial charge is 0.245 e. The summed E-state index contributed by atoms with van der Waals surface area (Å²) in [4.78, 5) is 27.6. The van der Waals surface area contributed by atoms with Crippen molar-refractivity contribution in [2.75, 3.05) is 31.6 Å². The lowest BCUT2D eigenvalue weighted by Gasteiger charge is -2.37. The number of hydrogen-bond acceptors (Lipinski definition) is 4. The normalized spacial score (nSPS) is 23.0. The minimum Gasteiger partial charge on any atom is -0.485 e. The van der Waals surface area contributed by atoms with Crippen LogP contribution in [-0.2, 0) is 9.59 Å². The zero-order valence-corrected chi connectivity index (χ0v) is 13.6. The van der Waals surface area contributed by atoms with Gasteiger partial charge in [-0.25, -0.2) is 0 Å². The number of carbonyl (C=O) groups excluding carboxylic acids is 2. The van der Waals surface area contributed by atoms with Gasteiger partial charge in [-0.05, 0) is 25.5 Å². The Bertz CT molecular complexity index is 605. The topological polar surface area (TPSA) is 61.9 Å². The van der Waals surface area contributed by atoms with Crippen molar-refractivity contribution in [3.8, 4) is 5.75 Å². The van der Waals surface area contributed by atoms with Gasteiger partial charge in [0.25, 0.3) is 0 Å². The van der Waals surface area contributed by atoms with Crippen LogP contribution in [0, 0.1) is 0 Å². The van der Waals surface area contributed by atoms with Crippen LogP contribution in [-0.4, -0.2) is 55.5 Å². The van der Waals surface area contributed by atoms with Crippen LogP contribution in [0.2, 0.25) is 0 Å². The minimum atomic E-state index is -0.384. The first-order valence-electron chi connectivity index (χ1n) is 8.13. The number of anilines is 1. The summed E-state index contributed by atoms with van der Waals surface area (Å²) in [6, 6.07) is 7.59. The van der Waals surface area contributed by atoms with Crippen molar-refractivity contribution >= 4 is 17.5 Å². The number of ether oxygens (including phenoxy) is 1. The van der Waals surface area contributed by atoms with Crippen molar-refractivity contribution in [3.05, 3.63) is 24.3 Å². The van der Waals surface area contributed by atoms with E-state index in [-0.39, 0.29) is 24.0 Å². The van der Waals surface area contributed by atoms with E-state index in [0.29, 0.717) is 19.4 Å². The van der Waals surface area contributed by atoms with Crippen LogP contribution in [0.15, 0.2) is 24.3 Å². The lowest BCUT2D eigenvalue weighted by molar-refractivity contribution is -0.134. The molecule has 0 spiro atoms. The number of benzene rings is 1. The maximum atomic E-state index is 12.4. The van der Waals surface area contributed by atoms with Gasteiger partial charge in [0.1, 0.15) is 17.9 Å². The van der Waals surface area contributed by atoms with E-state index in [4.69, 9.17) is 4.74 Å². The van der Waals surface area contributed by atoms with Gasteiger partial charge >= 0.3 is 0 Å². The Balaban J connectivity index is 1.64. The molecule has 1 aromatic carbocycles. The first kappa shape index (κ1) is 15.6. The predicted octanol–water partition coefficient (Wildman–Crippen LogP) is 1.01. The van der Waals surface area contributed by atoms with Gasteiger partial charge in [-0.1, -0.05) is 12.1 Å². The van der Waals surface area contributed by atoms with Gasteiger partial charge in [-0.15, -0.1) is 0 Å². The second kappa shape index (κ2) is 6.48. The van der Waals surface area contributed by atoms with Crippen LogP contribution in [0.5, 0.6) is 5.75 Å². The van der Waals surface area contributed by atoms with Crippen LogP contribution in [0.4, 0.5) is 5.69 Å². The Kier molecular flexibility index (Phi) is 4.41. The molecule has 0 aromatic heterocycles. The Morgan fingerprint density at radius 3 is 2.91 bits per heavy atom. The molecule has 0 unspecified atom stereocenters. The molecule has 0 bridgehead atoms. The van der Waals surface area contributed by atoms with Gasteiger partial charge in [0.15, 0.2) is 0 Å². The van der Waals surface area contributed by atoms with E-state index in [1.165, 1.54) is 0 Å². The SMILES string of the molecule is CCN1C[C@@H](CN(C)C(=O)[C@H]2CCC(=O)N2)Oc2ccccc21. The molecule has 3 rings (SSSR count). The van der Waals surface area contributed by atoms with Gasteiger partial charge in [0, 0.05) is 20.0 Å². The highest BCUT2D eigenvalue weighted by molar-refractivity contribution is 5.90. The number of nitrogens with one attached hydrogen (secondary N) is 1. The molecule has 2 aliphatic rings. The van der Waals surface area contributed by atoms with Crippen LogP contribution >= 0.6 is 0 Å². The summed E-state index contributed by atoms with van der Waals surface area (Å²) in [6.45, 7) is 4.27. The third-order valence-electron chi connectivity index (χ3n) is 4.45. The summed E-state index contributed by atoms with van der Waals surface area (Å²) < 4.78 is 6.05. The molecule has 0 saturated carbocycles. The second-order valence-corrected chi connectivity index (χ2v) is 6.12. The monoisotopic (exact) mass is 317 g/mol. The molecule has 1 fully saturated rings. The van der Waals surface area contributed by atoms with Crippen molar-refractivity contribution in [1.29, 1.82) is 0 Å². The summed E-state index contributed by atoms with van der Waals surface area (Å²) in [5.74, 6) is 0.777. The van der Waals surface area contributed by atoms with Crippen LogP contribution in [0.3, 0.4) is 0 Å². The predicted molar refractivity (Wildman–Crippen MR) is 87.5 cm³/mol. The summed E-state index contributed by atoms with van der Waals surface area (Å²) in [5.41, 5.74) is 1.10. The molecule has 124 valence electrons. The van der Waals surface area contributed by atoms with Crippen LogP contribution in [0.25, 0.3) is 0 Å². The van der Waals surface area contributed by atoms with E-state index < -0.39 is 0 Å². The molecule has 1 saturated heterocycles. The number of carbonyl (C=O) groups is 2. The molecule has 2 amide bonds. The van der Waals surface area contributed by atoms with Crippen molar-refractivity contribution in [2.45, 2.75) is 31.9 Å². The van der Waals surface area contributed by atoms with Gasteiger partial charge in [-0.3, -0.25) is 9.59 Å². The van der Waals surface area contributed by atoms with Crippen LogP contribution in [0.1, 0.15) is 19.8 Å². The fourth-order valence-corrected chi connectivity index (χ4v) is 3.23. The number of amides is 2. The highest BCUT2D eigenvalue weighted by atomic mass is 16.5. The molecule has 0 aliphatic carbocycles. The summed E-state index contributed by atoms with van der Waals surface area (Å²) in [7, 11) is 1.77. The largest absolute Gasteiger partial charge is 0.485 e. The summed E-state index contributed by atoms with van der Waals surface area (Å²) in [5, 5.41) is 2.73. The standard InChI is InChI=1S/C17H23N3O3/c1-3-20-11-12(23-15-7-5-4-6-14(15)20)10-19(2)17(22)13-8-9-16(21)18-13/h4-7,12-13H,3,8-11H2,1-2H3,(H,18,21)/t12-,13-/m1/s1. The Labute approximate surface area is 136 Å². The van der Waals surface area contributed by atoms with Gasteiger partial charge < -0.3 is 19.9 Å². The van der Waals surface area contributed by atoms with E-state index >= 15 is 0 Å². The molecule has 0 radical (unpaired) electrons. The Hall–Kier alpha value is -2.24. The van der Waals surface area contributed by atoms with Gasteiger partial charge in [0.2, 0.25) is 11.8 Å². The second-order valence-electron chi connectivity index (χ2n) is 6.12. The lowest BCUT2D eigenvalue weighted by Crippen LogP contribution is -2.50. The molecule has 23 heavy (non-hydrogen) atoms. The third-order valence-corrected chi connectivity index (χ3v) is 4.45. The fraction of sp³-hybridized carbons (Fsp3) is 0.529. The average molecular weight is 317 g/mol. The highest BCUT2D eigenvalue weighted by Gasteiger charge is 2.32. The van der Waals surface area contributed by atoms with Crippen molar-refractivity contribution < 1.29 is 14.3 Å². The third kappa shape index (κ3) is 3.25. The van der Waals surface area contributed by atoms with E-state index in [1.807, 2.05) is 18.2 Å². The zero-order chi connectivity index (χ0) is 16.4. The fourth-order valence-electron chi connectivity index (χ4n) is 3.23. The molecule has 6 nitrogen and oxygen atoms in total. The van der Waals surface area contributed by atoms with Gasteiger partial charge in [0.05, 0.1) is 18.8 Å². The molecule has 6 heteroatoms. The Morgan fingerprint density at radius 1 is 1.43 bits per heavy atom. The van der Waals surface area contributed by atoms with E-state index in [2.05, 4.69) is 23.2 Å². The van der Waals surface area contributed by atoms with Gasteiger partial charge in [-0.2, -0.15) is 0 Å². The summed E-state index contributed by atoms with van der Waals surface area (Å²) in [6.07, 6.45) is 0.939. The molecular formula is C17H23N3O3. The number of hydrogen-bond donors (Lipinski definition) is 1. The molecule has 2 heterocycles. The maximum Gasteiger partial charge on any atom is 0.245 e. The van der Waals surface area contributed by atoms with Crippen LogP contribution < -0.4 is 15.0 Å². The molecule has 2 aliphatic heterocycles. The molecule has 2 atom stereocenters. The number of nitrogens with zero attached hydrogens (tertiary/aromatic N) is 2. The first-order chi connectivity index (χ1) is 11.1.